The Morgan fingerprint density at radius 3 is 2.38 bits per heavy atom. The summed E-state index contributed by atoms with van der Waals surface area (Å²) in [6.45, 7) is 0. The molecule has 1 unspecified atom stereocenters. The van der Waals surface area contributed by atoms with Crippen LogP contribution in [0.2, 0.25) is 0 Å². The zero-order valence-corrected chi connectivity index (χ0v) is 13.4. The van der Waals surface area contributed by atoms with Gasteiger partial charge in [-0.1, -0.05) is 6.07 Å². The maximum Gasteiger partial charge on any atom is 0.244 e. The topological polar surface area (TPSA) is 46.3 Å². The van der Waals surface area contributed by atoms with Gasteiger partial charge in [0.2, 0.25) is 5.91 Å². The molecule has 1 atom stereocenters. The van der Waals surface area contributed by atoms with Crippen molar-refractivity contribution in [3.8, 4) is 0 Å². The molecular formula is C17H24N2OS. The molecule has 1 amide bonds. The van der Waals surface area contributed by atoms with E-state index < -0.39 is 6.04 Å². The average Bonchev–Trinajstić information content (AvgIpc) is 2.98. The molecule has 0 radical (unpaired) electrons. The van der Waals surface area contributed by atoms with Crippen LogP contribution in [0.3, 0.4) is 0 Å². The lowest BCUT2D eigenvalue weighted by Gasteiger charge is -2.56. The van der Waals surface area contributed by atoms with Gasteiger partial charge < -0.3 is 10.6 Å². The standard InChI is InChI=1S/C17H24N2OS/c1-19(17(20)15(18)14-3-2-4-21-14)16-12-6-10-5-11(8-12)9-13(16)7-10/h2-4,10-13,15-16H,5-9,18H2,1H3. The van der Waals surface area contributed by atoms with Gasteiger partial charge in [0.25, 0.3) is 0 Å². The molecule has 4 bridgehead atoms. The summed E-state index contributed by atoms with van der Waals surface area (Å²) in [7, 11) is 1.99. The third-order valence-electron chi connectivity index (χ3n) is 6.09. The third kappa shape index (κ3) is 2.23. The lowest BCUT2D eigenvalue weighted by molar-refractivity contribution is -0.142. The molecule has 21 heavy (non-hydrogen) atoms. The monoisotopic (exact) mass is 304 g/mol. The van der Waals surface area contributed by atoms with Crippen LogP contribution < -0.4 is 5.73 Å². The fraction of sp³-hybridized carbons (Fsp3) is 0.706. The molecule has 0 aromatic carbocycles. The average molecular weight is 304 g/mol. The summed E-state index contributed by atoms with van der Waals surface area (Å²) in [5.74, 6) is 3.45. The van der Waals surface area contributed by atoms with Gasteiger partial charge in [0, 0.05) is 18.0 Å². The van der Waals surface area contributed by atoms with Crippen LogP contribution in [0.5, 0.6) is 0 Å². The highest BCUT2D eigenvalue weighted by molar-refractivity contribution is 7.10. The van der Waals surface area contributed by atoms with Crippen molar-refractivity contribution >= 4 is 17.2 Å². The van der Waals surface area contributed by atoms with Crippen LogP contribution in [0.1, 0.15) is 43.0 Å². The minimum Gasteiger partial charge on any atom is -0.341 e. The van der Waals surface area contributed by atoms with Gasteiger partial charge >= 0.3 is 0 Å². The normalized spacial score (nSPS) is 38.5. The molecule has 1 aromatic heterocycles. The molecular weight excluding hydrogens is 280 g/mol. The summed E-state index contributed by atoms with van der Waals surface area (Å²) in [4.78, 5) is 15.8. The highest BCUT2D eigenvalue weighted by atomic mass is 32.1. The van der Waals surface area contributed by atoms with E-state index >= 15 is 0 Å². The number of hydrogen-bond acceptors (Lipinski definition) is 3. The lowest BCUT2D eigenvalue weighted by atomic mass is 9.54. The van der Waals surface area contributed by atoms with E-state index in [4.69, 9.17) is 5.73 Å². The van der Waals surface area contributed by atoms with Crippen LogP contribution in [-0.2, 0) is 4.79 Å². The van der Waals surface area contributed by atoms with Crippen molar-refractivity contribution in [2.24, 2.45) is 29.4 Å². The van der Waals surface area contributed by atoms with Gasteiger partial charge in [0.1, 0.15) is 6.04 Å². The van der Waals surface area contributed by atoms with Gasteiger partial charge in [-0.15, -0.1) is 11.3 Å². The van der Waals surface area contributed by atoms with Gasteiger partial charge in [0.05, 0.1) is 0 Å². The molecule has 3 nitrogen and oxygen atoms in total. The van der Waals surface area contributed by atoms with Crippen LogP contribution >= 0.6 is 11.3 Å². The molecule has 4 saturated carbocycles. The van der Waals surface area contributed by atoms with Crippen molar-refractivity contribution in [2.75, 3.05) is 7.05 Å². The molecule has 2 N–H and O–H groups in total. The highest BCUT2D eigenvalue weighted by Gasteiger charge is 2.50. The van der Waals surface area contributed by atoms with Gasteiger partial charge in [-0.25, -0.2) is 0 Å². The summed E-state index contributed by atoms with van der Waals surface area (Å²) in [5.41, 5.74) is 6.20. The van der Waals surface area contributed by atoms with Crippen LogP contribution in [-0.4, -0.2) is 23.9 Å². The molecule has 0 saturated heterocycles. The maximum atomic E-state index is 12.8. The minimum atomic E-state index is -0.479. The van der Waals surface area contributed by atoms with Crippen LogP contribution in [0, 0.1) is 23.7 Å². The van der Waals surface area contributed by atoms with Gasteiger partial charge in [-0.3, -0.25) is 4.79 Å². The zero-order chi connectivity index (χ0) is 14.6. The molecule has 0 spiro atoms. The van der Waals surface area contributed by atoms with Crippen LogP contribution in [0.25, 0.3) is 0 Å². The van der Waals surface area contributed by atoms with Crippen molar-refractivity contribution in [1.82, 2.24) is 4.90 Å². The molecule has 4 aliphatic carbocycles. The number of carbonyl (C=O) groups excluding carboxylic acids is 1. The highest BCUT2D eigenvalue weighted by Crippen LogP contribution is 2.55. The number of hydrogen-bond donors (Lipinski definition) is 1. The second-order valence-corrected chi connectivity index (χ2v) is 8.34. The van der Waals surface area contributed by atoms with E-state index in [-0.39, 0.29) is 5.91 Å². The van der Waals surface area contributed by atoms with E-state index in [1.807, 2.05) is 29.5 Å². The van der Waals surface area contributed by atoms with Gasteiger partial charge in [0.15, 0.2) is 0 Å². The Morgan fingerprint density at radius 2 is 1.86 bits per heavy atom. The van der Waals surface area contributed by atoms with Crippen LogP contribution in [0.4, 0.5) is 0 Å². The molecule has 4 aliphatic rings. The second kappa shape index (κ2) is 5.10. The van der Waals surface area contributed by atoms with Gasteiger partial charge in [-0.2, -0.15) is 0 Å². The third-order valence-corrected chi connectivity index (χ3v) is 7.04. The number of nitrogens with zero attached hydrogens (tertiary/aromatic N) is 1. The quantitative estimate of drug-likeness (QED) is 0.933. The summed E-state index contributed by atoms with van der Waals surface area (Å²) < 4.78 is 0. The number of rotatable bonds is 3. The Hall–Kier alpha value is -0.870. The van der Waals surface area contributed by atoms with E-state index in [9.17, 15) is 4.79 Å². The fourth-order valence-corrected chi connectivity index (χ4v) is 6.20. The number of thiophene rings is 1. The van der Waals surface area contributed by atoms with Gasteiger partial charge in [-0.05, 0) is 67.2 Å². The van der Waals surface area contributed by atoms with Crippen molar-refractivity contribution in [1.29, 1.82) is 0 Å². The Bertz CT molecular complexity index is 499. The number of nitrogens with two attached hydrogens (primary N) is 1. The molecule has 5 rings (SSSR count). The van der Waals surface area contributed by atoms with Crippen molar-refractivity contribution < 1.29 is 4.79 Å². The predicted molar refractivity (Wildman–Crippen MR) is 84.9 cm³/mol. The minimum absolute atomic E-state index is 0.106. The molecule has 114 valence electrons. The Balaban J connectivity index is 1.52. The molecule has 1 heterocycles. The first kappa shape index (κ1) is 13.8. The predicted octanol–water partition coefficient (Wildman–Crippen LogP) is 3.03. The van der Waals surface area contributed by atoms with E-state index in [1.165, 1.54) is 32.1 Å². The number of amides is 1. The fourth-order valence-electron chi connectivity index (χ4n) is 5.49. The van der Waals surface area contributed by atoms with Crippen LogP contribution in [0.15, 0.2) is 17.5 Å². The zero-order valence-electron chi connectivity index (χ0n) is 12.6. The largest absolute Gasteiger partial charge is 0.341 e. The summed E-state index contributed by atoms with van der Waals surface area (Å²) in [6, 6.07) is 3.90. The van der Waals surface area contributed by atoms with E-state index in [0.717, 1.165) is 28.5 Å². The Kier molecular flexibility index (Phi) is 3.34. The molecule has 4 heteroatoms. The molecule has 1 aromatic rings. The summed E-state index contributed by atoms with van der Waals surface area (Å²) >= 11 is 1.58. The van der Waals surface area contributed by atoms with E-state index in [0.29, 0.717) is 6.04 Å². The molecule has 4 fully saturated rings. The maximum absolute atomic E-state index is 12.8. The summed E-state index contributed by atoms with van der Waals surface area (Å²) in [5, 5.41) is 1.99. The Labute approximate surface area is 130 Å². The second-order valence-electron chi connectivity index (χ2n) is 7.36. The number of carbonyl (C=O) groups is 1. The number of likely N-dealkylation sites (N-methyl/N-ethyl adjacent to an activating group) is 1. The first-order chi connectivity index (χ1) is 10.1. The van der Waals surface area contributed by atoms with Crippen molar-refractivity contribution in [3.63, 3.8) is 0 Å². The first-order valence-corrected chi connectivity index (χ1v) is 9.07. The molecule has 0 aliphatic heterocycles. The van der Waals surface area contributed by atoms with Crippen molar-refractivity contribution in [2.45, 2.75) is 44.2 Å². The summed E-state index contributed by atoms with van der Waals surface area (Å²) in [6.07, 6.45) is 6.80. The lowest BCUT2D eigenvalue weighted by Crippen LogP contribution is -2.57. The van der Waals surface area contributed by atoms with E-state index in [2.05, 4.69) is 0 Å². The first-order valence-electron chi connectivity index (χ1n) is 8.19. The smallest absolute Gasteiger partial charge is 0.244 e. The Morgan fingerprint density at radius 1 is 1.24 bits per heavy atom. The SMILES string of the molecule is CN(C(=O)C(N)c1cccs1)C1C2CC3CC(C2)CC1C3. The van der Waals surface area contributed by atoms with E-state index in [1.54, 1.807) is 11.3 Å². The van der Waals surface area contributed by atoms with Crippen molar-refractivity contribution in [3.05, 3.63) is 22.4 Å².